The first-order valence-corrected chi connectivity index (χ1v) is 9.68. The van der Waals surface area contributed by atoms with Crippen molar-refractivity contribution in [2.24, 2.45) is 4.99 Å². The highest BCUT2D eigenvalue weighted by Crippen LogP contribution is 2.13. The Morgan fingerprint density at radius 1 is 1.42 bits per heavy atom. The fraction of sp³-hybridized carbons (Fsp3) is 0.737. The van der Waals surface area contributed by atoms with E-state index in [1.54, 1.807) is 18.4 Å². The molecule has 0 aromatic carbocycles. The lowest BCUT2D eigenvalue weighted by atomic mass is 10.1. The Bertz CT molecular complexity index is 511. The monoisotopic (exact) mass is 366 g/mol. The number of ether oxygens (including phenoxy) is 1. The normalized spacial score (nSPS) is 18.3. The summed E-state index contributed by atoms with van der Waals surface area (Å²) in [6, 6.07) is 3.93. The molecule has 1 aliphatic rings. The zero-order chi connectivity index (χ0) is 18.8. The van der Waals surface area contributed by atoms with Crippen molar-refractivity contribution in [1.82, 2.24) is 15.5 Å². The maximum Gasteiger partial charge on any atom is 0.191 e. The fourth-order valence-corrected chi connectivity index (χ4v) is 2.98. The predicted molar refractivity (Wildman–Crippen MR) is 103 cm³/mol. The number of hydrogen-bond donors (Lipinski definition) is 3. The Labute approximate surface area is 156 Å². The van der Waals surface area contributed by atoms with Crippen molar-refractivity contribution in [3.8, 4) is 0 Å². The van der Waals surface area contributed by atoms with Gasteiger partial charge in [-0.2, -0.15) is 0 Å². The summed E-state index contributed by atoms with van der Waals surface area (Å²) in [5.41, 5.74) is 0. The Balaban J connectivity index is 1.74. The molecule has 1 atom stereocenters. The molecule has 0 radical (unpaired) electrons. The van der Waals surface area contributed by atoms with Crippen molar-refractivity contribution in [3.05, 3.63) is 24.2 Å². The molecular weight excluding hydrogens is 332 g/mol. The first-order chi connectivity index (χ1) is 12.6. The number of nitrogens with one attached hydrogen (secondary N) is 2. The van der Waals surface area contributed by atoms with Gasteiger partial charge in [0, 0.05) is 32.2 Å². The van der Waals surface area contributed by atoms with Crippen LogP contribution in [-0.4, -0.2) is 67.4 Å². The Morgan fingerprint density at radius 2 is 2.19 bits per heavy atom. The lowest BCUT2D eigenvalue weighted by Crippen LogP contribution is -2.49. The average molecular weight is 367 g/mol. The second-order valence-corrected chi connectivity index (χ2v) is 6.93. The summed E-state index contributed by atoms with van der Waals surface area (Å²) >= 11 is 0. The summed E-state index contributed by atoms with van der Waals surface area (Å²) in [6.45, 7) is 11.2. The molecule has 3 N–H and O–H groups in total. The third-order valence-corrected chi connectivity index (χ3v) is 4.43. The molecule has 0 bridgehead atoms. The van der Waals surface area contributed by atoms with E-state index in [0.29, 0.717) is 17.9 Å². The fourth-order valence-electron chi connectivity index (χ4n) is 2.98. The predicted octanol–water partition coefficient (Wildman–Crippen LogP) is 1.76. The van der Waals surface area contributed by atoms with Gasteiger partial charge in [0.15, 0.2) is 5.96 Å². The first kappa shape index (κ1) is 20.7. The molecular formula is C19H34N4O3. The van der Waals surface area contributed by atoms with Gasteiger partial charge in [0.2, 0.25) is 0 Å². The van der Waals surface area contributed by atoms with Crippen LogP contribution in [0.3, 0.4) is 0 Å². The molecule has 1 fully saturated rings. The SMILES string of the molecule is CCNC(=NCC(O)c1ccco1)NC1CCN(CCOC(C)C)CC1. The summed E-state index contributed by atoms with van der Waals surface area (Å²) in [5.74, 6) is 1.29. The number of nitrogens with zero attached hydrogens (tertiary/aromatic N) is 2. The lowest BCUT2D eigenvalue weighted by molar-refractivity contribution is 0.0532. The molecule has 0 amide bonds. The van der Waals surface area contributed by atoms with Crippen LogP contribution in [0, 0.1) is 0 Å². The molecule has 1 aliphatic heterocycles. The van der Waals surface area contributed by atoms with Gasteiger partial charge in [0.05, 0.1) is 25.5 Å². The highest BCUT2D eigenvalue weighted by molar-refractivity contribution is 5.80. The molecule has 148 valence electrons. The van der Waals surface area contributed by atoms with E-state index in [4.69, 9.17) is 9.15 Å². The minimum Gasteiger partial charge on any atom is -0.467 e. The van der Waals surface area contributed by atoms with Crippen LogP contribution in [0.15, 0.2) is 27.8 Å². The largest absolute Gasteiger partial charge is 0.467 e. The van der Waals surface area contributed by atoms with Crippen LogP contribution in [0.1, 0.15) is 45.5 Å². The number of rotatable bonds is 9. The second-order valence-electron chi connectivity index (χ2n) is 6.93. The molecule has 7 heteroatoms. The van der Waals surface area contributed by atoms with Gasteiger partial charge in [-0.25, -0.2) is 0 Å². The summed E-state index contributed by atoms with van der Waals surface area (Å²) < 4.78 is 10.9. The second kappa shape index (κ2) is 11.2. The van der Waals surface area contributed by atoms with Crippen LogP contribution in [0.4, 0.5) is 0 Å². The van der Waals surface area contributed by atoms with Crippen molar-refractivity contribution < 1.29 is 14.3 Å². The smallest absolute Gasteiger partial charge is 0.191 e. The molecule has 26 heavy (non-hydrogen) atoms. The molecule has 1 aromatic rings. The molecule has 1 unspecified atom stereocenters. The van der Waals surface area contributed by atoms with E-state index in [1.165, 1.54) is 0 Å². The van der Waals surface area contributed by atoms with E-state index < -0.39 is 6.10 Å². The van der Waals surface area contributed by atoms with E-state index in [9.17, 15) is 5.11 Å². The van der Waals surface area contributed by atoms with Gasteiger partial charge in [0.1, 0.15) is 11.9 Å². The van der Waals surface area contributed by atoms with Crippen LogP contribution < -0.4 is 10.6 Å². The van der Waals surface area contributed by atoms with Gasteiger partial charge >= 0.3 is 0 Å². The Morgan fingerprint density at radius 3 is 2.81 bits per heavy atom. The maximum absolute atomic E-state index is 10.1. The molecule has 0 spiro atoms. The Kier molecular flexibility index (Phi) is 8.94. The van der Waals surface area contributed by atoms with Gasteiger partial charge in [-0.05, 0) is 45.7 Å². The minimum absolute atomic E-state index is 0.272. The molecule has 1 saturated heterocycles. The molecule has 0 aliphatic carbocycles. The van der Waals surface area contributed by atoms with E-state index >= 15 is 0 Å². The van der Waals surface area contributed by atoms with Crippen LogP contribution in [0.5, 0.6) is 0 Å². The molecule has 2 rings (SSSR count). The zero-order valence-corrected chi connectivity index (χ0v) is 16.3. The van der Waals surface area contributed by atoms with Crippen molar-refractivity contribution in [1.29, 1.82) is 0 Å². The van der Waals surface area contributed by atoms with Gasteiger partial charge < -0.3 is 29.8 Å². The summed E-state index contributed by atoms with van der Waals surface area (Å²) in [4.78, 5) is 6.95. The topological polar surface area (TPSA) is 82.3 Å². The lowest BCUT2D eigenvalue weighted by Gasteiger charge is -2.33. The van der Waals surface area contributed by atoms with Crippen molar-refractivity contribution in [2.75, 3.05) is 39.3 Å². The summed E-state index contributed by atoms with van der Waals surface area (Å²) in [6.07, 6.45) is 3.29. The number of aliphatic imine (C=N–C) groups is 1. The third kappa shape index (κ3) is 7.35. The number of likely N-dealkylation sites (tertiary alicyclic amines) is 1. The zero-order valence-electron chi connectivity index (χ0n) is 16.3. The summed E-state index contributed by atoms with van der Waals surface area (Å²) in [5, 5.41) is 16.9. The van der Waals surface area contributed by atoms with Gasteiger partial charge in [0.25, 0.3) is 0 Å². The van der Waals surface area contributed by atoms with Crippen molar-refractivity contribution >= 4 is 5.96 Å². The Hall–Kier alpha value is -1.57. The average Bonchev–Trinajstić information content (AvgIpc) is 3.15. The maximum atomic E-state index is 10.1. The number of piperidine rings is 1. The summed E-state index contributed by atoms with van der Waals surface area (Å²) in [7, 11) is 0. The quantitative estimate of drug-likeness (QED) is 0.456. The number of hydrogen-bond acceptors (Lipinski definition) is 5. The van der Waals surface area contributed by atoms with Crippen LogP contribution in [0.2, 0.25) is 0 Å². The van der Waals surface area contributed by atoms with E-state index in [-0.39, 0.29) is 6.54 Å². The third-order valence-electron chi connectivity index (χ3n) is 4.43. The van der Waals surface area contributed by atoms with Crippen LogP contribution in [0.25, 0.3) is 0 Å². The number of aliphatic hydroxyl groups is 1. The van der Waals surface area contributed by atoms with E-state index in [1.807, 2.05) is 6.92 Å². The first-order valence-electron chi connectivity index (χ1n) is 9.68. The van der Waals surface area contributed by atoms with Crippen molar-refractivity contribution in [3.63, 3.8) is 0 Å². The van der Waals surface area contributed by atoms with E-state index in [0.717, 1.165) is 51.6 Å². The van der Waals surface area contributed by atoms with Gasteiger partial charge in [-0.1, -0.05) is 0 Å². The highest BCUT2D eigenvalue weighted by atomic mass is 16.5. The number of furan rings is 1. The number of guanidine groups is 1. The van der Waals surface area contributed by atoms with Crippen molar-refractivity contribution in [2.45, 2.75) is 51.9 Å². The molecule has 2 heterocycles. The van der Waals surface area contributed by atoms with Crippen LogP contribution in [-0.2, 0) is 4.74 Å². The molecule has 1 aromatic heterocycles. The molecule has 7 nitrogen and oxygen atoms in total. The molecule has 0 saturated carbocycles. The van der Waals surface area contributed by atoms with Crippen LogP contribution >= 0.6 is 0 Å². The standard InChI is InChI=1S/C19H34N4O3/c1-4-20-19(21-14-17(24)18-6-5-12-26-18)22-16-7-9-23(10-8-16)11-13-25-15(2)3/h5-6,12,15-17,24H,4,7-11,13-14H2,1-3H3,(H2,20,21,22). The van der Waals surface area contributed by atoms with Gasteiger partial charge in [-0.3, -0.25) is 4.99 Å². The highest BCUT2D eigenvalue weighted by Gasteiger charge is 2.20. The van der Waals surface area contributed by atoms with Gasteiger partial charge in [-0.15, -0.1) is 0 Å². The minimum atomic E-state index is -0.719. The van der Waals surface area contributed by atoms with E-state index in [2.05, 4.69) is 34.4 Å². The number of aliphatic hydroxyl groups excluding tert-OH is 1.